The summed E-state index contributed by atoms with van der Waals surface area (Å²) in [6.07, 6.45) is 0.956. The number of piperidine rings is 1. The second-order valence-electron chi connectivity index (χ2n) is 10.5. The summed E-state index contributed by atoms with van der Waals surface area (Å²) in [4.78, 5) is 40.7. The minimum atomic E-state index is -0.504. The van der Waals surface area contributed by atoms with Gasteiger partial charge < -0.3 is 29.7 Å². The fraction of sp³-hybridized carbons (Fsp3) is 0.344. The number of hydrogen-bond acceptors (Lipinski definition) is 6. The summed E-state index contributed by atoms with van der Waals surface area (Å²) >= 11 is 6.46. The van der Waals surface area contributed by atoms with Gasteiger partial charge in [-0.2, -0.15) is 0 Å². The highest BCUT2D eigenvalue weighted by Crippen LogP contribution is 2.29. The number of rotatable bonds is 2. The van der Waals surface area contributed by atoms with Crippen LogP contribution >= 0.6 is 11.6 Å². The highest BCUT2D eigenvalue weighted by molar-refractivity contribution is 6.34. The van der Waals surface area contributed by atoms with E-state index in [9.17, 15) is 14.4 Å². The molecule has 9 nitrogen and oxygen atoms in total. The SMILES string of the molecule is COc1cc2ccc1OCC(=O)N[C@@H]1CN(C(=O)c3cccc(C)c3Cl)CC[C@H]1Oc1ccc(cc1)CNC(=O)CC2. The number of halogens is 1. The summed E-state index contributed by atoms with van der Waals surface area (Å²) in [6.45, 7) is 2.67. The third-order valence-electron chi connectivity index (χ3n) is 7.53. The number of nitrogens with zero attached hydrogens (tertiary/aromatic N) is 1. The van der Waals surface area contributed by atoms with E-state index in [2.05, 4.69) is 10.6 Å². The van der Waals surface area contributed by atoms with E-state index in [0.717, 1.165) is 16.7 Å². The van der Waals surface area contributed by atoms with Crippen LogP contribution in [0.4, 0.5) is 0 Å². The first kappa shape index (κ1) is 29.3. The molecule has 42 heavy (non-hydrogen) atoms. The summed E-state index contributed by atoms with van der Waals surface area (Å²) in [5.74, 6) is 0.902. The molecule has 5 aliphatic heterocycles. The molecule has 8 rings (SSSR count). The summed E-state index contributed by atoms with van der Waals surface area (Å²) in [7, 11) is 1.53. The number of nitrogens with one attached hydrogen (secondary N) is 2. The Morgan fingerprint density at radius 1 is 1.02 bits per heavy atom. The van der Waals surface area contributed by atoms with E-state index in [0.29, 0.717) is 60.2 Å². The van der Waals surface area contributed by atoms with Gasteiger partial charge in [-0.25, -0.2) is 0 Å². The molecule has 10 heteroatoms. The number of hydrogen-bond donors (Lipinski definition) is 2. The molecule has 0 aliphatic carbocycles. The number of carbonyl (C=O) groups excluding carboxylic acids is 3. The lowest BCUT2D eigenvalue weighted by molar-refractivity contribution is -0.125. The van der Waals surface area contributed by atoms with Gasteiger partial charge >= 0.3 is 0 Å². The van der Waals surface area contributed by atoms with Gasteiger partial charge in [0.15, 0.2) is 18.1 Å². The summed E-state index contributed by atoms with van der Waals surface area (Å²) < 4.78 is 17.6. The average Bonchev–Trinajstić information content (AvgIpc) is 3.00. The van der Waals surface area contributed by atoms with Crippen LogP contribution in [-0.2, 0) is 22.6 Å². The van der Waals surface area contributed by atoms with Crippen LogP contribution in [0.1, 0.15) is 39.9 Å². The standard InChI is InChI=1S/C32H34ClN3O6/c1-20-4-3-5-24(31(20)33)32(39)36-15-14-26-25(18-36)35-30(38)19-41-27-12-8-21(16-28(27)40-2)9-13-29(37)34-17-22-6-10-23(42-26)11-7-22/h3-8,10-12,16,25-26H,9,13-15,17-19H2,1-2H3,(H,34,37)(H,35,38)/t25-,26-/m1/s1. The van der Waals surface area contributed by atoms with Crippen molar-refractivity contribution in [3.05, 3.63) is 87.9 Å². The third-order valence-corrected chi connectivity index (χ3v) is 8.03. The minimum Gasteiger partial charge on any atom is -0.493 e. The fourth-order valence-electron chi connectivity index (χ4n) is 5.16. The Balaban J connectivity index is 1.38. The smallest absolute Gasteiger partial charge is 0.258 e. The van der Waals surface area contributed by atoms with Gasteiger partial charge in [-0.1, -0.05) is 41.9 Å². The molecule has 2 atom stereocenters. The van der Waals surface area contributed by atoms with Crippen molar-refractivity contribution in [3.8, 4) is 17.2 Å². The quantitative estimate of drug-likeness (QED) is 0.465. The van der Waals surface area contributed by atoms with Gasteiger partial charge in [-0.05, 0) is 60.4 Å². The van der Waals surface area contributed by atoms with Gasteiger partial charge in [-0.3, -0.25) is 14.4 Å². The van der Waals surface area contributed by atoms with Crippen molar-refractivity contribution in [2.24, 2.45) is 0 Å². The van der Waals surface area contributed by atoms with Crippen LogP contribution in [-0.4, -0.2) is 61.6 Å². The molecule has 0 radical (unpaired) electrons. The highest BCUT2D eigenvalue weighted by Gasteiger charge is 2.35. The Bertz CT molecular complexity index is 1460. The van der Waals surface area contributed by atoms with Gasteiger partial charge in [0.2, 0.25) is 5.91 Å². The Kier molecular flexibility index (Phi) is 9.17. The molecule has 3 aromatic rings. The molecule has 0 aromatic heterocycles. The number of aryl methyl sites for hydroxylation is 2. The fourth-order valence-corrected chi connectivity index (χ4v) is 5.37. The Labute approximate surface area is 250 Å². The number of ether oxygens (including phenoxy) is 3. The lowest BCUT2D eigenvalue weighted by atomic mass is 10.00. The number of benzene rings is 3. The largest absolute Gasteiger partial charge is 0.493 e. The van der Waals surface area contributed by atoms with Crippen molar-refractivity contribution in [1.82, 2.24) is 15.5 Å². The van der Waals surface area contributed by atoms with E-state index in [-0.39, 0.29) is 30.9 Å². The van der Waals surface area contributed by atoms with E-state index in [1.54, 1.807) is 23.1 Å². The van der Waals surface area contributed by atoms with Crippen LogP contribution in [0.3, 0.4) is 0 Å². The molecule has 4 bridgehead atoms. The number of methoxy groups -OCH3 is 1. The van der Waals surface area contributed by atoms with Crippen molar-refractivity contribution in [2.45, 2.75) is 44.9 Å². The zero-order valence-electron chi connectivity index (χ0n) is 23.7. The summed E-state index contributed by atoms with van der Waals surface area (Å²) in [5.41, 5.74) is 3.10. The van der Waals surface area contributed by atoms with Crippen molar-refractivity contribution >= 4 is 29.3 Å². The highest BCUT2D eigenvalue weighted by atomic mass is 35.5. The van der Waals surface area contributed by atoms with E-state index in [1.165, 1.54) is 7.11 Å². The van der Waals surface area contributed by atoms with Crippen LogP contribution in [0.25, 0.3) is 0 Å². The van der Waals surface area contributed by atoms with Crippen LogP contribution in [0, 0.1) is 6.92 Å². The molecule has 0 spiro atoms. The molecule has 5 heterocycles. The van der Waals surface area contributed by atoms with Crippen molar-refractivity contribution in [2.75, 3.05) is 26.8 Å². The van der Waals surface area contributed by atoms with Gasteiger partial charge in [0.25, 0.3) is 11.8 Å². The molecule has 5 aliphatic rings. The lowest BCUT2D eigenvalue weighted by Gasteiger charge is -2.39. The summed E-state index contributed by atoms with van der Waals surface area (Å²) in [5, 5.41) is 6.40. The van der Waals surface area contributed by atoms with Crippen molar-refractivity contribution in [3.63, 3.8) is 0 Å². The zero-order valence-corrected chi connectivity index (χ0v) is 24.4. The van der Waals surface area contributed by atoms with Gasteiger partial charge in [0, 0.05) is 32.5 Å². The minimum absolute atomic E-state index is 0.0585. The van der Waals surface area contributed by atoms with Crippen LogP contribution in [0.15, 0.2) is 60.7 Å². The molecule has 3 aromatic carbocycles. The molecule has 220 valence electrons. The Morgan fingerprint density at radius 2 is 1.81 bits per heavy atom. The second-order valence-corrected chi connectivity index (χ2v) is 10.9. The molecule has 3 amide bonds. The van der Waals surface area contributed by atoms with E-state index in [1.807, 2.05) is 49.4 Å². The monoisotopic (exact) mass is 591 g/mol. The van der Waals surface area contributed by atoms with Gasteiger partial charge in [0.1, 0.15) is 11.9 Å². The van der Waals surface area contributed by atoms with E-state index in [4.69, 9.17) is 25.8 Å². The number of amides is 3. The van der Waals surface area contributed by atoms with Crippen LogP contribution in [0.2, 0.25) is 5.02 Å². The molecule has 1 fully saturated rings. The molecule has 1 saturated heterocycles. The van der Waals surface area contributed by atoms with E-state index >= 15 is 0 Å². The first-order chi connectivity index (χ1) is 20.3. The zero-order chi connectivity index (χ0) is 29.6. The van der Waals surface area contributed by atoms with Crippen molar-refractivity contribution < 1.29 is 28.6 Å². The Hall–Kier alpha value is -4.24. The van der Waals surface area contributed by atoms with Crippen LogP contribution in [0.5, 0.6) is 17.2 Å². The number of likely N-dealkylation sites (tertiary alicyclic amines) is 1. The normalized spacial score (nSPS) is 19.5. The second kappa shape index (κ2) is 13.2. The Morgan fingerprint density at radius 3 is 2.60 bits per heavy atom. The van der Waals surface area contributed by atoms with Gasteiger partial charge in [-0.15, -0.1) is 0 Å². The summed E-state index contributed by atoms with van der Waals surface area (Å²) in [6, 6.07) is 17.8. The maximum absolute atomic E-state index is 13.4. The average molecular weight is 592 g/mol. The molecular formula is C32H34ClN3O6. The van der Waals surface area contributed by atoms with Crippen LogP contribution < -0.4 is 24.8 Å². The predicted molar refractivity (Wildman–Crippen MR) is 158 cm³/mol. The molecular weight excluding hydrogens is 558 g/mol. The molecule has 0 saturated carbocycles. The number of carbonyl (C=O) groups is 3. The topological polar surface area (TPSA) is 106 Å². The molecule has 2 N–H and O–H groups in total. The maximum Gasteiger partial charge on any atom is 0.258 e. The first-order valence-corrected chi connectivity index (χ1v) is 14.3. The lowest BCUT2D eigenvalue weighted by Crippen LogP contribution is -2.58. The van der Waals surface area contributed by atoms with Crippen molar-refractivity contribution in [1.29, 1.82) is 0 Å². The third kappa shape index (κ3) is 6.97. The predicted octanol–water partition coefficient (Wildman–Crippen LogP) is 4.08. The van der Waals surface area contributed by atoms with E-state index < -0.39 is 12.1 Å². The first-order valence-electron chi connectivity index (χ1n) is 14.0. The van der Waals surface area contributed by atoms with Gasteiger partial charge in [0.05, 0.1) is 23.7 Å². The maximum atomic E-state index is 13.4. The molecule has 0 unspecified atom stereocenters.